The monoisotopic (exact) mass is 279 g/mol. The average Bonchev–Trinajstić information content (AvgIpc) is 2.33. The van der Waals surface area contributed by atoms with Gasteiger partial charge in [-0.1, -0.05) is 6.42 Å². The van der Waals surface area contributed by atoms with E-state index < -0.39 is 5.54 Å². The number of piperazine rings is 1. The van der Waals surface area contributed by atoms with Gasteiger partial charge in [0.05, 0.1) is 6.54 Å². The van der Waals surface area contributed by atoms with Crippen molar-refractivity contribution in [2.24, 2.45) is 0 Å². The second-order valence-electron chi connectivity index (χ2n) is 7.14. The summed E-state index contributed by atoms with van der Waals surface area (Å²) in [5.74, 6) is 0.0448. The van der Waals surface area contributed by atoms with Crippen LogP contribution in [0.3, 0.4) is 0 Å². The van der Waals surface area contributed by atoms with E-state index in [2.05, 4.69) is 17.3 Å². The highest BCUT2D eigenvalue weighted by Crippen LogP contribution is 2.35. The first-order chi connectivity index (χ1) is 9.38. The maximum absolute atomic E-state index is 12.6. The van der Waals surface area contributed by atoms with Gasteiger partial charge in [0.2, 0.25) is 11.8 Å². The van der Waals surface area contributed by atoms with E-state index >= 15 is 0 Å². The number of nitrogens with zero attached hydrogens (tertiary/aromatic N) is 2. The summed E-state index contributed by atoms with van der Waals surface area (Å²) in [5, 5.41) is 2.79. The fraction of sp³-hybridized carbons (Fsp3) is 0.867. The molecule has 0 aliphatic carbocycles. The fourth-order valence-electron chi connectivity index (χ4n) is 4.16. The first-order valence-electron chi connectivity index (χ1n) is 7.72. The molecule has 2 bridgehead atoms. The van der Waals surface area contributed by atoms with Crippen molar-refractivity contribution in [3.05, 3.63) is 0 Å². The van der Waals surface area contributed by atoms with Gasteiger partial charge in [0.1, 0.15) is 5.54 Å². The summed E-state index contributed by atoms with van der Waals surface area (Å²) in [5.41, 5.74) is -0.756. The second kappa shape index (κ2) is 4.72. The van der Waals surface area contributed by atoms with Crippen LogP contribution in [0, 0.1) is 0 Å². The smallest absolute Gasteiger partial charge is 0.248 e. The van der Waals surface area contributed by atoms with Gasteiger partial charge in [-0.25, -0.2) is 0 Å². The minimum Gasteiger partial charge on any atom is -0.341 e. The van der Waals surface area contributed by atoms with Crippen LogP contribution in [0.5, 0.6) is 0 Å². The molecule has 2 atom stereocenters. The molecule has 1 N–H and O–H groups in total. The van der Waals surface area contributed by atoms with Gasteiger partial charge in [0, 0.05) is 18.1 Å². The predicted molar refractivity (Wildman–Crippen MR) is 76.1 cm³/mol. The third-order valence-electron chi connectivity index (χ3n) is 5.32. The lowest BCUT2D eigenvalue weighted by Gasteiger charge is -2.51. The highest BCUT2D eigenvalue weighted by molar-refractivity contribution is 5.97. The predicted octanol–water partition coefficient (Wildman–Crippen LogP) is 0.739. The van der Waals surface area contributed by atoms with Crippen molar-refractivity contribution in [1.29, 1.82) is 0 Å². The Balaban J connectivity index is 1.79. The van der Waals surface area contributed by atoms with Gasteiger partial charge in [-0.15, -0.1) is 0 Å². The van der Waals surface area contributed by atoms with E-state index in [1.807, 2.05) is 4.90 Å². The number of rotatable bonds is 1. The molecule has 3 fully saturated rings. The zero-order chi connectivity index (χ0) is 14.5. The van der Waals surface area contributed by atoms with E-state index in [1.165, 1.54) is 19.3 Å². The van der Waals surface area contributed by atoms with E-state index in [0.29, 0.717) is 12.1 Å². The van der Waals surface area contributed by atoms with Crippen molar-refractivity contribution in [3.63, 3.8) is 0 Å². The number of hydrogen-bond acceptors (Lipinski definition) is 3. The number of amides is 2. The molecule has 0 saturated carbocycles. The maximum Gasteiger partial charge on any atom is 0.248 e. The van der Waals surface area contributed by atoms with Crippen molar-refractivity contribution in [1.82, 2.24) is 15.1 Å². The summed E-state index contributed by atoms with van der Waals surface area (Å²) in [4.78, 5) is 28.8. The number of carbonyl (C=O) groups is 2. The van der Waals surface area contributed by atoms with Crippen LogP contribution in [0.1, 0.15) is 46.0 Å². The molecule has 20 heavy (non-hydrogen) atoms. The molecule has 0 aromatic carbocycles. The quantitative estimate of drug-likeness (QED) is 0.770. The molecule has 5 nitrogen and oxygen atoms in total. The SMILES string of the molecule is CN1C2CCCC1CC(N1CC(=O)NC(C)(C)C1=O)C2. The molecule has 2 unspecified atom stereocenters. The number of hydrogen-bond donors (Lipinski definition) is 1. The molecule has 3 rings (SSSR count). The number of carbonyl (C=O) groups excluding carboxylic acids is 2. The van der Waals surface area contributed by atoms with Crippen LogP contribution in [0.2, 0.25) is 0 Å². The van der Waals surface area contributed by atoms with E-state index in [0.717, 1.165) is 12.8 Å². The van der Waals surface area contributed by atoms with Crippen LogP contribution < -0.4 is 5.32 Å². The molecule has 2 amide bonds. The average molecular weight is 279 g/mol. The lowest BCUT2D eigenvalue weighted by Crippen LogP contribution is -2.67. The zero-order valence-corrected chi connectivity index (χ0v) is 12.7. The van der Waals surface area contributed by atoms with Crippen LogP contribution in [0.4, 0.5) is 0 Å². The highest BCUT2D eigenvalue weighted by Gasteiger charge is 2.45. The number of nitrogens with one attached hydrogen (secondary N) is 1. The van der Waals surface area contributed by atoms with Gasteiger partial charge < -0.3 is 15.1 Å². The Morgan fingerprint density at radius 1 is 1.10 bits per heavy atom. The summed E-state index contributed by atoms with van der Waals surface area (Å²) in [6, 6.07) is 1.39. The van der Waals surface area contributed by atoms with E-state index in [1.54, 1.807) is 13.8 Å². The van der Waals surface area contributed by atoms with Crippen LogP contribution in [-0.2, 0) is 9.59 Å². The molecule has 3 aliphatic heterocycles. The normalized spacial score (nSPS) is 37.8. The zero-order valence-electron chi connectivity index (χ0n) is 12.7. The van der Waals surface area contributed by atoms with E-state index in [-0.39, 0.29) is 24.4 Å². The first-order valence-corrected chi connectivity index (χ1v) is 7.72. The van der Waals surface area contributed by atoms with Crippen molar-refractivity contribution >= 4 is 11.8 Å². The van der Waals surface area contributed by atoms with Crippen molar-refractivity contribution < 1.29 is 9.59 Å². The van der Waals surface area contributed by atoms with Crippen LogP contribution in [-0.4, -0.2) is 58.9 Å². The fourth-order valence-corrected chi connectivity index (χ4v) is 4.16. The number of fused-ring (bicyclic) bond motifs is 2. The Morgan fingerprint density at radius 2 is 1.70 bits per heavy atom. The van der Waals surface area contributed by atoms with E-state index in [9.17, 15) is 9.59 Å². The Hall–Kier alpha value is -1.10. The molecular formula is C15H25N3O2. The lowest BCUT2D eigenvalue weighted by atomic mass is 9.81. The van der Waals surface area contributed by atoms with Gasteiger partial charge in [-0.2, -0.15) is 0 Å². The Labute approximate surface area is 120 Å². The third-order valence-corrected chi connectivity index (χ3v) is 5.32. The summed E-state index contributed by atoms with van der Waals surface area (Å²) >= 11 is 0. The minimum absolute atomic E-state index is 0.0290. The third kappa shape index (κ3) is 2.22. The molecular weight excluding hydrogens is 254 g/mol. The molecule has 3 aliphatic rings. The molecule has 0 radical (unpaired) electrons. The van der Waals surface area contributed by atoms with Crippen molar-refractivity contribution in [3.8, 4) is 0 Å². The summed E-state index contributed by atoms with van der Waals surface area (Å²) < 4.78 is 0. The second-order valence-corrected chi connectivity index (χ2v) is 7.14. The topological polar surface area (TPSA) is 52.6 Å². The standard InChI is InChI=1S/C15H25N3O2/c1-15(2)14(20)18(9-13(19)16-15)12-7-10-5-4-6-11(8-12)17(10)3/h10-12H,4-9H2,1-3H3,(H,16,19). The van der Waals surface area contributed by atoms with Gasteiger partial charge >= 0.3 is 0 Å². The van der Waals surface area contributed by atoms with Crippen LogP contribution in [0.25, 0.3) is 0 Å². The van der Waals surface area contributed by atoms with Gasteiger partial charge in [-0.3, -0.25) is 9.59 Å². The lowest BCUT2D eigenvalue weighted by molar-refractivity contribution is -0.153. The Kier molecular flexibility index (Phi) is 3.27. The van der Waals surface area contributed by atoms with Crippen LogP contribution in [0.15, 0.2) is 0 Å². The Bertz CT molecular complexity index is 421. The van der Waals surface area contributed by atoms with Crippen molar-refractivity contribution in [2.45, 2.75) is 69.6 Å². The Morgan fingerprint density at radius 3 is 2.30 bits per heavy atom. The molecule has 112 valence electrons. The maximum atomic E-state index is 12.6. The van der Waals surface area contributed by atoms with Crippen LogP contribution >= 0.6 is 0 Å². The highest BCUT2D eigenvalue weighted by atomic mass is 16.2. The molecule has 0 aromatic rings. The molecule has 0 spiro atoms. The van der Waals surface area contributed by atoms with Gasteiger partial charge in [0.25, 0.3) is 0 Å². The molecule has 5 heteroatoms. The molecule has 0 aromatic heterocycles. The van der Waals surface area contributed by atoms with Gasteiger partial charge in [-0.05, 0) is 46.6 Å². The molecule has 3 saturated heterocycles. The van der Waals surface area contributed by atoms with E-state index in [4.69, 9.17) is 0 Å². The largest absolute Gasteiger partial charge is 0.341 e. The summed E-state index contributed by atoms with van der Waals surface area (Å²) in [6.07, 6.45) is 5.78. The summed E-state index contributed by atoms with van der Waals surface area (Å²) in [7, 11) is 2.21. The van der Waals surface area contributed by atoms with Crippen molar-refractivity contribution in [2.75, 3.05) is 13.6 Å². The molecule has 3 heterocycles. The number of piperidine rings is 2. The summed E-state index contributed by atoms with van der Waals surface area (Å²) in [6.45, 7) is 3.83. The first kappa shape index (κ1) is 13.9. The minimum atomic E-state index is -0.756. The van der Waals surface area contributed by atoms with Gasteiger partial charge in [0.15, 0.2) is 0 Å².